The monoisotopic (exact) mass is 307 g/mol. The van der Waals surface area contributed by atoms with Crippen LogP contribution in [0.4, 0.5) is 0 Å². The molecule has 0 saturated heterocycles. The maximum atomic E-state index is 12.9. The smallest absolute Gasteiger partial charge is 0.207 e. The molecule has 0 radical (unpaired) electrons. The van der Waals surface area contributed by atoms with Crippen molar-refractivity contribution in [3.63, 3.8) is 0 Å². The van der Waals surface area contributed by atoms with Gasteiger partial charge in [-0.1, -0.05) is 25.8 Å². The lowest BCUT2D eigenvalue weighted by molar-refractivity contribution is 0.213. The van der Waals surface area contributed by atoms with Crippen molar-refractivity contribution in [2.24, 2.45) is 5.92 Å². The highest BCUT2D eigenvalue weighted by molar-refractivity contribution is 7.89. The van der Waals surface area contributed by atoms with Gasteiger partial charge in [-0.3, -0.25) is 0 Å². The summed E-state index contributed by atoms with van der Waals surface area (Å²) < 4.78 is 27.4. The third-order valence-electron chi connectivity index (χ3n) is 5.28. The zero-order valence-electron chi connectivity index (χ0n) is 13.0. The fourth-order valence-corrected chi connectivity index (χ4v) is 5.42. The highest BCUT2D eigenvalue weighted by atomic mass is 32.2. The van der Waals surface area contributed by atoms with Gasteiger partial charge in [-0.15, -0.1) is 0 Å². The van der Waals surface area contributed by atoms with Gasteiger partial charge in [0.15, 0.2) is 0 Å². The molecule has 116 valence electrons. The number of hydrogen-bond acceptors (Lipinski definition) is 2. The molecule has 0 aromatic heterocycles. The summed E-state index contributed by atoms with van der Waals surface area (Å²) in [4.78, 5) is 0.475. The summed E-state index contributed by atoms with van der Waals surface area (Å²) in [7, 11) is -1.60. The van der Waals surface area contributed by atoms with Crippen LogP contribution in [0, 0.1) is 5.92 Å². The van der Waals surface area contributed by atoms with Crippen LogP contribution >= 0.6 is 0 Å². The lowest BCUT2D eigenvalue weighted by Crippen LogP contribution is -2.42. The van der Waals surface area contributed by atoms with E-state index in [4.69, 9.17) is 0 Å². The number of fused-ring (bicyclic) bond motifs is 1. The Labute approximate surface area is 128 Å². The van der Waals surface area contributed by atoms with E-state index in [1.807, 2.05) is 12.1 Å². The SMILES string of the molecule is C[C@H]1CCCC[C@@H]1N(C)S(=O)(=O)c1ccc2c(c1)CCC2. The molecule has 0 unspecified atom stereocenters. The molecule has 0 spiro atoms. The number of nitrogens with zero attached hydrogens (tertiary/aromatic N) is 1. The average molecular weight is 307 g/mol. The first-order chi connectivity index (χ1) is 10.00. The normalized spacial score (nSPS) is 26.0. The van der Waals surface area contributed by atoms with Crippen LogP contribution in [0.5, 0.6) is 0 Å². The lowest BCUT2D eigenvalue weighted by Gasteiger charge is -2.35. The van der Waals surface area contributed by atoms with Crippen LogP contribution in [0.2, 0.25) is 0 Å². The first-order valence-corrected chi connectivity index (χ1v) is 9.54. The molecular weight excluding hydrogens is 282 g/mol. The summed E-state index contributed by atoms with van der Waals surface area (Å²) in [6.45, 7) is 2.18. The summed E-state index contributed by atoms with van der Waals surface area (Å²) in [5, 5.41) is 0. The molecule has 0 amide bonds. The standard InChI is InChI=1S/C17H25NO2S/c1-13-6-3-4-9-17(13)18(2)21(19,20)16-11-10-14-7-5-8-15(14)12-16/h10-13,17H,3-9H2,1-2H3/t13-,17-/m0/s1. The van der Waals surface area contributed by atoms with Gasteiger partial charge < -0.3 is 0 Å². The molecule has 1 saturated carbocycles. The van der Waals surface area contributed by atoms with Gasteiger partial charge in [-0.2, -0.15) is 4.31 Å². The van der Waals surface area contributed by atoms with E-state index in [1.54, 1.807) is 17.4 Å². The van der Waals surface area contributed by atoms with Gasteiger partial charge in [0.05, 0.1) is 4.90 Å². The Hall–Kier alpha value is -0.870. The Balaban J connectivity index is 1.89. The molecule has 0 bridgehead atoms. The van der Waals surface area contributed by atoms with Crippen molar-refractivity contribution >= 4 is 10.0 Å². The fourth-order valence-electron chi connectivity index (χ4n) is 3.89. The predicted octanol–water partition coefficient (Wildman–Crippen LogP) is 3.37. The molecule has 1 aromatic rings. The molecule has 3 rings (SSSR count). The number of rotatable bonds is 3. The average Bonchev–Trinajstić information content (AvgIpc) is 2.94. The Kier molecular flexibility index (Phi) is 4.10. The number of aryl methyl sites for hydroxylation is 2. The highest BCUT2D eigenvalue weighted by Gasteiger charge is 2.33. The lowest BCUT2D eigenvalue weighted by atomic mass is 9.86. The molecule has 0 N–H and O–H groups in total. The maximum absolute atomic E-state index is 12.9. The second-order valence-corrected chi connectivity index (χ2v) is 8.63. The Morgan fingerprint density at radius 3 is 2.52 bits per heavy atom. The van der Waals surface area contributed by atoms with Crippen LogP contribution in [-0.4, -0.2) is 25.8 Å². The van der Waals surface area contributed by atoms with Crippen LogP contribution < -0.4 is 0 Å². The van der Waals surface area contributed by atoms with Crippen LogP contribution in [-0.2, 0) is 22.9 Å². The Bertz CT molecular complexity index is 624. The van der Waals surface area contributed by atoms with Crippen LogP contribution in [0.1, 0.15) is 50.2 Å². The molecular formula is C17H25NO2S. The summed E-state index contributed by atoms with van der Waals surface area (Å²) in [6.07, 6.45) is 7.74. The van der Waals surface area contributed by atoms with Crippen LogP contribution in [0.15, 0.2) is 23.1 Å². The van der Waals surface area contributed by atoms with Gasteiger partial charge in [0.1, 0.15) is 0 Å². The molecule has 0 aliphatic heterocycles. The molecule has 2 atom stereocenters. The van der Waals surface area contributed by atoms with E-state index in [9.17, 15) is 8.42 Å². The molecule has 4 heteroatoms. The van der Waals surface area contributed by atoms with Crippen LogP contribution in [0.3, 0.4) is 0 Å². The van der Waals surface area contributed by atoms with Gasteiger partial charge in [0.25, 0.3) is 0 Å². The molecule has 1 aromatic carbocycles. The van der Waals surface area contributed by atoms with Crippen molar-refractivity contribution in [3.8, 4) is 0 Å². The van der Waals surface area contributed by atoms with Crippen LogP contribution in [0.25, 0.3) is 0 Å². The summed E-state index contributed by atoms with van der Waals surface area (Å²) in [5.41, 5.74) is 2.55. The topological polar surface area (TPSA) is 37.4 Å². The summed E-state index contributed by atoms with van der Waals surface area (Å²) >= 11 is 0. The van der Waals surface area contributed by atoms with Gasteiger partial charge in [0, 0.05) is 13.1 Å². The van der Waals surface area contributed by atoms with E-state index in [-0.39, 0.29) is 6.04 Å². The number of sulfonamides is 1. The van der Waals surface area contributed by atoms with Crippen molar-refractivity contribution in [2.75, 3.05) is 7.05 Å². The first-order valence-electron chi connectivity index (χ1n) is 8.10. The van der Waals surface area contributed by atoms with E-state index in [1.165, 1.54) is 17.5 Å². The number of hydrogen-bond donors (Lipinski definition) is 0. The van der Waals surface area contributed by atoms with Gasteiger partial charge in [-0.05, 0) is 61.3 Å². The second-order valence-electron chi connectivity index (χ2n) is 6.63. The minimum absolute atomic E-state index is 0.150. The third kappa shape index (κ3) is 2.76. The van der Waals surface area contributed by atoms with E-state index in [0.717, 1.165) is 38.5 Å². The minimum Gasteiger partial charge on any atom is -0.207 e. The van der Waals surface area contributed by atoms with Crippen molar-refractivity contribution in [3.05, 3.63) is 29.3 Å². The molecule has 1 fully saturated rings. The van der Waals surface area contributed by atoms with E-state index >= 15 is 0 Å². The quantitative estimate of drug-likeness (QED) is 0.858. The summed E-state index contributed by atoms with van der Waals surface area (Å²) in [5.74, 6) is 0.452. The van der Waals surface area contributed by atoms with E-state index in [0.29, 0.717) is 10.8 Å². The van der Waals surface area contributed by atoms with Crippen molar-refractivity contribution in [2.45, 2.75) is 62.8 Å². The van der Waals surface area contributed by atoms with Crippen molar-refractivity contribution in [1.82, 2.24) is 4.31 Å². The molecule has 21 heavy (non-hydrogen) atoms. The molecule has 0 heterocycles. The molecule has 3 nitrogen and oxygen atoms in total. The Morgan fingerprint density at radius 1 is 1.05 bits per heavy atom. The molecule has 2 aliphatic rings. The maximum Gasteiger partial charge on any atom is 0.243 e. The fraction of sp³-hybridized carbons (Fsp3) is 0.647. The number of benzene rings is 1. The van der Waals surface area contributed by atoms with Gasteiger partial charge in [0.2, 0.25) is 10.0 Å². The molecule has 2 aliphatic carbocycles. The largest absolute Gasteiger partial charge is 0.243 e. The zero-order chi connectivity index (χ0) is 15.0. The highest BCUT2D eigenvalue weighted by Crippen LogP contribution is 2.32. The van der Waals surface area contributed by atoms with Gasteiger partial charge in [-0.25, -0.2) is 8.42 Å². The Morgan fingerprint density at radius 2 is 1.76 bits per heavy atom. The van der Waals surface area contributed by atoms with Crippen molar-refractivity contribution in [1.29, 1.82) is 0 Å². The van der Waals surface area contributed by atoms with E-state index in [2.05, 4.69) is 6.92 Å². The predicted molar refractivity (Wildman–Crippen MR) is 84.8 cm³/mol. The van der Waals surface area contributed by atoms with E-state index < -0.39 is 10.0 Å². The van der Waals surface area contributed by atoms with Gasteiger partial charge >= 0.3 is 0 Å². The third-order valence-corrected chi connectivity index (χ3v) is 7.16. The van der Waals surface area contributed by atoms with Crippen molar-refractivity contribution < 1.29 is 8.42 Å². The second kappa shape index (κ2) is 5.73. The zero-order valence-corrected chi connectivity index (χ0v) is 13.8. The summed E-state index contributed by atoms with van der Waals surface area (Å²) in [6, 6.07) is 5.86. The minimum atomic E-state index is -3.36. The first kappa shape index (κ1) is 15.0.